The minimum absolute atomic E-state index is 0.0956. The number of nitrogens with one attached hydrogen (secondary N) is 1. The van der Waals surface area contributed by atoms with Crippen molar-refractivity contribution < 1.29 is 31.5 Å². The largest absolute Gasteiger partial charge is 0.478 e. The van der Waals surface area contributed by atoms with E-state index in [9.17, 15) is 26.4 Å². The molecule has 10 heteroatoms. The van der Waals surface area contributed by atoms with E-state index in [4.69, 9.17) is 5.11 Å². The summed E-state index contributed by atoms with van der Waals surface area (Å²) in [5.74, 6) is -1.59. The number of carboxylic acids is 1. The van der Waals surface area contributed by atoms with Gasteiger partial charge in [0.2, 0.25) is 0 Å². The lowest BCUT2D eigenvalue weighted by atomic mass is 10.1. The molecule has 0 aliphatic carbocycles. The molecule has 0 unspecified atom stereocenters. The first-order chi connectivity index (χ1) is 10.1. The van der Waals surface area contributed by atoms with Crippen LogP contribution in [0.3, 0.4) is 0 Å². The summed E-state index contributed by atoms with van der Waals surface area (Å²) in [6, 6.07) is 4.54. The van der Waals surface area contributed by atoms with Crippen molar-refractivity contribution in [2.45, 2.75) is 10.4 Å². The molecule has 2 N–H and O–H groups in total. The van der Waals surface area contributed by atoms with Crippen LogP contribution in [-0.4, -0.2) is 19.5 Å². The van der Waals surface area contributed by atoms with E-state index in [1.165, 1.54) is 17.5 Å². The standard InChI is InChI=1S/C12H8F3NO4S2/c13-12(14,15)8-4-7(11(17)18)5-9(6-8)16-22(19,20)10-2-1-3-21-10/h1-6,16H,(H,17,18). The maximum atomic E-state index is 12.7. The summed E-state index contributed by atoms with van der Waals surface area (Å²) in [6.45, 7) is 0. The highest BCUT2D eigenvalue weighted by molar-refractivity contribution is 7.94. The monoisotopic (exact) mass is 351 g/mol. The molecule has 2 rings (SSSR count). The number of hydrogen-bond acceptors (Lipinski definition) is 4. The van der Waals surface area contributed by atoms with Gasteiger partial charge in [0, 0.05) is 0 Å². The second-order valence-electron chi connectivity index (χ2n) is 4.14. The summed E-state index contributed by atoms with van der Waals surface area (Å²) in [5, 5.41) is 10.3. The summed E-state index contributed by atoms with van der Waals surface area (Å²) < 4.78 is 64.1. The summed E-state index contributed by atoms with van der Waals surface area (Å²) in [6.07, 6.45) is -4.80. The molecule has 0 saturated heterocycles. The molecule has 1 heterocycles. The SMILES string of the molecule is O=C(O)c1cc(NS(=O)(=O)c2cccs2)cc(C(F)(F)F)c1. The van der Waals surface area contributed by atoms with Crippen LogP contribution in [0.2, 0.25) is 0 Å². The zero-order valence-corrected chi connectivity index (χ0v) is 12.2. The molecule has 22 heavy (non-hydrogen) atoms. The molecule has 0 spiro atoms. The van der Waals surface area contributed by atoms with Crippen molar-refractivity contribution in [2.75, 3.05) is 4.72 Å². The number of halogens is 3. The summed E-state index contributed by atoms with van der Waals surface area (Å²) >= 11 is 0.880. The van der Waals surface area contributed by atoms with E-state index in [1.54, 1.807) is 0 Å². The lowest BCUT2D eigenvalue weighted by Gasteiger charge is -2.12. The van der Waals surface area contributed by atoms with Gasteiger partial charge in [-0.25, -0.2) is 13.2 Å². The van der Waals surface area contributed by atoms with Crippen molar-refractivity contribution in [1.82, 2.24) is 0 Å². The van der Waals surface area contributed by atoms with Gasteiger partial charge in [-0.3, -0.25) is 4.72 Å². The molecule has 0 aliphatic heterocycles. The number of rotatable bonds is 4. The van der Waals surface area contributed by atoms with Gasteiger partial charge in [-0.05, 0) is 29.6 Å². The predicted octanol–water partition coefficient (Wildman–Crippen LogP) is 3.27. The fourth-order valence-electron chi connectivity index (χ4n) is 1.60. The van der Waals surface area contributed by atoms with Crippen LogP contribution in [0.4, 0.5) is 18.9 Å². The first-order valence-corrected chi connectivity index (χ1v) is 7.98. The Kier molecular flexibility index (Phi) is 4.16. The molecule has 0 fully saturated rings. The summed E-state index contributed by atoms with van der Waals surface area (Å²) in [7, 11) is -4.07. The van der Waals surface area contributed by atoms with Crippen LogP contribution < -0.4 is 4.72 Å². The fourth-order valence-corrected chi connectivity index (χ4v) is 3.63. The molecule has 0 aliphatic rings. The predicted molar refractivity (Wildman–Crippen MR) is 73.5 cm³/mol. The summed E-state index contributed by atoms with van der Waals surface area (Å²) in [4.78, 5) is 10.9. The van der Waals surface area contributed by atoms with Crippen molar-refractivity contribution in [3.63, 3.8) is 0 Å². The van der Waals surface area contributed by atoms with E-state index < -0.39 is 39.0 Å². The third-order valence-electron chi connectivity index (χ3n) is 2.52. The Bertz CT molecular complexity index is 798. The summed E-state index contributed by atoms with van der Waals surface area (Å²) in [5.41, 5.74) is -2.39. The molecule has 1 aromatic heterocycles. The Morgan fingerprint density at radius 1 is 1.23 bits per heavy atom. The van der Waals surface area contributed by atoms with E-state index in [1.807, 2.05) is 4.72 Å². The Hall–Kier alpha value is -2.07. The highest BCUT2D eigenvalue weighted by Crippen LogP contribution is 2.32. The molecule has 0 saturated carbocycles. The number of alkyl halides is 3. The Morgan fingerprint density at radius 3 is 2.41 bits per heavy atom. The van der Waals surface area contributed by atoms with Gasteiger partial charge in [-0.2, -0.15) is 13.2 Å². The first kappa shape index (κ1) is 16.3. The molecule has 5 nitrogen and oxygen atoms in total. The molecule has 0 atom stereocenters. The van der Waals surface area contributed by atoms with Crippen LogP contribution in [0.5, 0.6) is 0 Å². The first-order valence-electron chi connectivity index (χ1n) is 5.61. The number of aromatic carboxylic acids is 1. The van der Waals surface area contributed by atoms with E-state index >= 15 is 0 Å². The second kappa shape index (κ2) is 5.61. The topological polar surface area (TPSA) is 83.5 Å². The average Bonchev–Trinajstić information content (AvgIpc) is 2.91. The van der Waals surface area contributed by atoms with E-state index in [0.717, 1.165) is 17.4 Å². The second-order valence-corrected chi connectivity index (χ2v) is 7.00. The lowest BCUT2D eigenvalue weighted by molar-refractivity contribution is -0.137. The number of anilines is 1. The van der Waals surface area contributed by atoms with E-state index in [2.05, 4.69) is 0 Å². The van der Waals surface area contributed by atoms with Gasteiger partial charge in [0.25, 0.3) is 10.0 Å². The molecule has 118 valence electrons. The maximum absolute atomic E-state index is 12.7. The minimum Gasteiger partial charge on any atom is -0.478 e. The van der Waals surface area contributed by atoms with Gasteiger partial charge in [0.15, 0.2) is 0 Å². The van der Waals surface area contributed by atoms with Gasteiger partial charge in [0.05, 0.1) is 16.8 Å². The van der Waals surface area contributed by atoms with Gasteiger partial charge in [-0.1, -0.05) is 6.07 Å². The Balaban J connectivity index is 2.47. The van der Waals surface area contributed by atoms with Crippen LogP contribution in [0.1, 0.15) is 15.9 Å². The Morgan fingerprint density at radius 2 is 1.91 bits per heavy atom. The minimum atomic E-state index is -4.80. The van der Waals surface area contributed by atoms with Gasteiger partial charge in [-0.15, -0.1) is 11.3 Å². The molecule has 2 aromatic rings. The lowest BCUT2D eigenvalue weighted by Crippen LogP contribution is -2.14. The van der Waals surface area contributed by atoms with Gasteiger partial charge < -0.3 is 5.11 Å². The van der Waals surface area contributed by atoms with Gasteiger partial charge in [0.1, 0.15) is 4.21 Å². The normalized spacial score (nSPS) is 12.1. The molecule has 0 bridgehead atoms. The van der Waals surface area contributed by atoms with Crippen molar-refractivity contribution in [3.05, 3.63) is 46.8 Å². The van der Waals surface area contributed by atoms with E-state index in [-0.39, 0.29) is 4.21 Å². The quantitative estimate of drug-likeness (QED) is 0.886. The molecule has 1 aromatic carbocycles. The van der Waals surface area contributed by atoms with Crippen molar-refractivity contribution in [1.29, 1.82) is 0 Å². The number of benzene rings is 1. The number of hydrogen-bond donors (Lipinski definition) is 2. The molecular weight excluding hydrogens is 343 g/mol. The fraction of sp³-hybridized carbons (Fsp3) is 0.0833. The average molecular weight is 351 g/mol. The third-order valence-corrected chi connectivity index (χ3v) is 5.30. The molecule has 0 radical (unpaired) electrons. The highest BCUT2D eigenvalue weighted by Gasteiger charge is 2.32. The Labute approximate surface area is 127 Å². The van der Waals surface area contributed by atoms with Crippen molar-refractivity contribution in [2.24, 2.45) is 0 Å². The van der Waals surface area contributed by atoms with Crippen LogP contribution in [-0.2, 0) is 16.2 Å². The zero-order valence-electron chi connectivity index (χ0n) is 10.6. The smallest absolute Gasteiger partial charge is 0.416 e. The number of carbonyl (C=O) groups is 1. The number of sulfonamides is 1. The van der Waals surface area contributed by atoms with Crippen LogP contribution in [0.25, 0.3) is 0 Å². The van der Waals surface area contributed by atoms with Crippen molar-refractivity contribution in [3.8, 4) is 0 Å². The third kappa shape index (κ3) is 3.57. The van der Waals surface area contributed by atoms with Crippen LogP contribution in [0.15, 0.2) is 39.9 Å². The van der Waals surface area contributed by atoms with Crippen molar-refractivity contribution >= 4 is 33.0 Å². The maximum Gasteiger partial charge on any atom is 0.416 e. The van der Waals surface area contributed by atoms with Crippen LogP contribution >= 0.6 is 11.3 Å². The van der Waals surface area contributed by atoms with Crippen LogP contribution in [0, 0.1) is 0 Å². The number of carboxylic acid groups (broad SMARTS) is 1. The zero-order chi connectivity index (χ0) is 16.5. The number of thiophene rings is 1. The van der Waals surface area contributed by atoms with Gasteiger partial charge >= 0.3 is 12.1 Å². The van der Waals surface area contributed by atoms with E-state index in [0.29, 0.717) is 12.1 Å². The molecule has 0 amide bonds. The molecular formula is C12H8F3NO4S2. The highest BCUT2D eigenvalue weighted by atomic mass is 32.2.